The lowest BCUT2D eigenvalue weighted by atomic mass is 10.2. The number of aromatic nitrogens is 4. The van der Waals surface area contributed by atoms with Crippen LogP contribution in [-0.2, 0) is 13.1 Å². The fourth-order valence-electron chi connectivity index (χ4n) is 1.92. The zero-order chi connectivity index (χ0) is 15.2. The first-order valence-electron chi connectivity index (χ1n) is 6.83. The van der Waals surface area contributed by atoms with Gasteiger partial charge >= 0.3 is 0 Å². The second-order valence-electron chi connectivity index (χ2n) is 4.98. The van der Waals surface area contributed by atoms with E-state index in [-0.39, 0.29) is 0 Å². The molecule has 1 aromatic carbocycles. The van der Waals surface area contributed by atoms with Gasteiger partial charge in [0.05, 0.1) is 27.3 Å². The summed E-state index contributed by atoms with van der Waals surface area (Å²) in [4.78, 5) is 0. The van der Waals surface area contributed by atoms with Crippen LogP contribution >= 0.6 is 0 Å². The summed E-state index contributed by atoms with van der Waals surface area (Å²) in [7, 11) is 3.24. The molecule has 7 heteroatoms. The summed E-state index contributed by atoms with van der Waals surface area (Å²) in [6, 6.07) is 6.17. The minimum absolute atomic E-state index is 0.385. The lowest BCUT2D eigenvalue weighted by Crippen LogP contribution is -2.24. The molecule has 0 aliphatic rings. The van der Waals surface area contributed by atoms with E-state index >= 15 is 0 Å². The first kappa shape index (κ1) is 15.2. The van der Waals surface area contributed by atoms with Crippen LogP contribution in [0.25, 0.3) is 0 Å². The van der Waals surface area contributed by atoms with Crippen molar-refractivity contribution in [3.8, 4) is 11.5 Å². The SMILES string of the molecule is COc1ccc(Cn2nnnc2CNC(C)C)cc1OC. The first-order valence-corrected chi connectivity index (χ1v) is 6.83. The van der Waals surface area contributed by atoms with Crippen LogP contribution in [-0.4, -0.2) is 40.5 Å². The molecule has 0 radical (unpaired) electrons. The Hall–Kier alpha value is -2.15. The molecule has 2 aromatic rings. The van der Waals surface area contributed by atoms with E-state index in [0.717, 1.165) is 11.4 Å². The lowest BCUT2D eigenvalue weighted by molar-refractivity contribution is 0.354. The highest BCUT2D eigenvalue weighted by Gasteiger charge is 2.09. The average Bonchev–Trinajstić information content (AvgIpc) is 2.92. The number of hydrogen-bond acceptors (Lipinski definition) is 6. The Balaban J connectivity index is 2.13. The van der Waals surface area contributed by atoms with E-state index in [1.807, 2.05) is 18.2 Å². The zero-order valence-electron chi connectivity index (χ0n) is 12.8. The molecule has 1 aromatic heterocycles. The molecule has 0 saturated carbocycles. The maximum atomic E-state index is 5.31. The van der Waals surface area contributed by atoms with Gasteiger partial charge in [-0.1, -0.05) is 19.9 Å². The third-order valence-corrected chi connectivity index (χ3v) is 3.05. The van der Waals surface area contributed by atoms with Crippen molar-refractivity contribution in [3.05, 3.63) is 29.6 Å². The van der Waals surface area contributed by atoms with Crippen LogP contribution in [0.3, 0.4) is 0 Å². The van der Waals surface area contributed by atoms with E-state index < -0.39 is 0 Å². The predicted octanol–water partition coefficient (Wildman–Crippen LogP) is 1.24. The molecule has 0 fully saturated rings. The van der Waals surface area contributed by atoms with Crippen molar-refractivity contribution in [1.82, 2.24) is 25.5 Å². The molecule has 2 rings (SSSR count). The Bertz CT molecular complexity index is 582. The Labute approximate surface area is 124 Å². The topological polar surface area (TPSA) is 74.1 Å². The van der Waals surface area contributed by atoms with Crippen LogP contribution in [0.1, 0.15) is 25.2 Å². The minimum atomic E-state index is 0.385. The van der Waals surface area contributed by atoms with Gasteiger partial charge in [0.25, 0.3) is 0 Å². The maximum Gasteiger partial charge on any atom is 0.165 e. The molecule has 0 spiro atoms. The summed E-state index contributed by atoms with van der Waals surface area (Å²) in [5.41, 5.74) is 1.05. The Morgan fingerprint density at radius 1 is 1.19 bits per heavy atom. The molecule has 0 atom stereocenters. The molecule has 0 aliphatic carbocycles. The van der Waals surface area contributed by atoms with Gasteiger partial charge in [0.15, 0.2) is 17.3 Å². The predicted molar refractivity (Wildman–Crippen MR) is 78.4 cm³/mol. The molecule has 0 bridgehead atoms. The summed E-state index contributed by atoms with van der Waals surface area (Å²) in [5.74, 6) is 2.21. The second kappa shape index (κ2) is 7.03. The van der Waals surface area contributed by atoms with Crippen molar-refractivity contribution < 1.29 is 9.47 Å². The van der Waals surface area contributed by atoms with Crippen molar-refractivity contribution in [2.24, 2.45) is 0 Å². The monoisotopic (exact) mass is 291 g/mol. The van der Waals surface area contributed by atoms with E-state index in [4.69, 9.17) is 9.47 Å². The summed E-state index contributed by atoms with van der Waals surface area (Å²) < 4.78 is 12.3. The van der Waals surface area contributed by atoms with Gasteiger partial charge in [-0.05, 0) is 28.1 Å². The van der Waals surface area contributed by atoms with Crippen molar-refractivity contribution in [2.45, 2.75) is 33.0 Å². The fraction of sp³-hybridized carbons (Fsp3) is 0.500. The van der Waals surface area contributed by atoms with Crippen molar-refractivity contribution >= 4 is 0 Å². The van der Waals surface area contributed by atoms with Gasteiger partial charge in [-0.15, -0.1) is 5.10 Å². The van der Waals surface area contributed by atoms with Crippen molar-refractivity contribution in [1.29, 1.82) is 0 Å². The molecular weight excluding hydrogens is 270 g/mol. The first-order chi connectivity index (χ1) is 10.1. The van der Waals surface area contributed by atoms with Gasteiger partial charge in [0.2, 0.25) is 0 Å². The van der Waals surface area contributed by atoms with Crippen LogP contribution in [0.2, 0.25) is 0 Å². The highest BCUT2D eigenvalue weighted by molar-refractivity contribution is 5.42. The number of ether oxygens (including phenoxy) is 2. The molecule has 1 heterocycles. The number of rotatable bonds is 7. The molecular formula is C14H21N5O2. The number of tetrazole rings is 1. The number of nitrogens with zero attached hydrogens (tertiary/aromatic N) is 4. The smallest absolute Gasteiger partial charge is 0.165 e. The number of benzene rings is 1. The molecule has 21 heavy (non-hydrogen) atoms. The normalized spacial score (nSPS) is 10.9. The standard InChI is InChI=1S/C14H21N5O2/c1-10(2)15-8-14-16-17-18-19(14)9-11-5-6-12(20-3)13(7-11)21-4/h5-7,10,15H,8-9H2,1-4H3. The van der Waals surface area contributed by atoms with Gasteiger partial charge in [-0.3, -0.25) is 0 Å². The number of methoxy groups -OCH3 is 2. The van der Waals surface area contributed by atoms with Crippen LogP contribution in [0.4, 0.5) is 0 Å². The van der Waals surface area contributed by atoms with E-state index in [2.05, 4.69) is 34.7 Å². The van der Waals surface area contributed by atoms with Crippen molar-refractivity contribution in [2.75, 3.05) is 14.2 Å². The average molecular weight is 291 g/mol. The highest BCUT2D eigenvalue weighted by atomic mass is 16.5. The van der Waals surface area contributed by atoms with Crippen LogP contribution < -0.4 is 14.8 Å². The number of hydrogen-bond donors (Lipinski definition) is 1. The van der Waals surface area contributed by atoms with Gasteiger partial charge in [0, 0.05) is 6.04 Å². The molecule has 114 valence electrons. The van der Waals surface area contributed by atoms with E-state index in [1.54, 1.807) is 18.9 Å². The highest BCUT2D eigenvalue weighted by Crippen LogP contribution is 2.27. The van der Waals surface area contributed by atoms with Crippen LogP contribution in [0, 0.1) is 0 Å². The fourth-order valence-corrected chi connectivity index (χ4v) is 1.92. The molecule has 0 unspecified atom stereocenters. The molecule has 0 aliphatic heterocycles. The van der Waals surface area contributed by atoms with E-state index in [9.17, 15) is 0 Å². The third kappa shape index (κ3) is 3.91. The Morgan fingerprint density at radius 2 is 1.95 bits per heavy atom. The van der Waals surface area contributed by atoms with Gasteiger partial charge in [0.1, 0.15) is 0 Å². The zero-order valence-corrected chi connectivity index (χ0v) is 12.8. The number of nitrogens with one attached hydrogen (secondary N) is 1. The van der Waals surface area contributed by atoms with Gasteiger partial charge in [-0.25, -0.2) is 4.68 Å². The summed E-state index contributed by atoms with van der Waals surface area (Å²) >= 11 is 0. The third-order valence-electron chi connectivity index (χ3n) is 3.05. The molecule has 7 nitrogen and oxygen atoms in total. The minimum Gasteiger partial charge on any atom is -0.493 e. The van der Waals surface area contributed by atoms with Crippen LogP contribution in [0.5, 0.6) is 11.5 Å². The molecule has 1 N–H and O–H groups in total. The maximum absolute atomic E-state index is 5.31. The Kier molecular flexibility index (Phi) is 5.10. The summed E-state index contributed by atoms with van der Waals surface area (Å²) in [5, 5.41) is 15.1. The van der Waals surface area contributed by atoms with Gasteiger partial charge in [-0.2, -0.15) is 0 Å². The summed E-state index contributed by atoms with van der Waals surface area (Å²) in [6.07, 6.45) is 0. The second-order valence-corrected chi connectivity index (χ2v) is 4.98. The molecule has 0 amide bonds. The Morgan fingerprint density at radius 3 is 2.62 bits per heavy atom. The molecule has 0 saturated heterocycles. The van der Waals surface area contributed by atoms with E-state index in [0.29, 0.717) is 30.6 Å². The largest absolute Gasteiger partial charge is 0.493 e. The lowest BCUT2D eigenvalue weighted by Gasteiger charge is -2.11. The van der Waals surface area contributed by atoms with Crippen molar-refractivity contribution in [3.63, 3.8) is 0 Å². The van der Waals surface area contributed by atoms with Crippen LogP contribution in [0.15, 0.2) is 18.2 Å². The van der Waals surface area contributed by atoms with Gasteiger partial charge < -0.3 is 14.8 Å². The quantitative estimate of drug-likeness (QED) is 0.827. The van der Waals surface area contributed by atoms with E-state index in [1.165, 1.54) is 0 Å². The summed E-state index contributed by atoms with van der Waals surface area (Å²) in [6.45, 7) is 5.39.